The van der Waals surface area contributed by atoms with Crippen LogP contribution in [-0.4, -0.2) is 16.6 Å². The van der Waals surface area contributed by atoms with Gasteiger partial charge in [0, 0.05) is 5.56 Å². The molecule has 0 unspecified atom stereocenters. The Kier molecular flexibility index (Phi) is 3.76. The molecule has 0 aliphatic carbocycles. The predicted molar refractivity (Wildman–Crippen MR) is 52.2 cm³/mol. The number of ether oxygens (including phenoxy) is 1. The van der Waals surface area contributed by atoms with Crippen LogP contribution >= 0.6 is 15.9 Å². The minimum atomic E-state index is -0.856. The Morgan fingerprint density at radius 3 is 2.77 bits per heavy atom. The van der Waals surface area contributed by atoms with Crippen LogP contribution < -0.4 is 4.74 Å². The van der Waals surface area contributed by atoms with E-state index in [1.165, 1.54) is 0 Å². The number of carboxylic acid groups (broad SMARTS) is 1. The predicted octanol–water partition coefficient (Wildman–Crippen LogP) is 2.04. The van der Waals surface area contributed by atoms with Gasteiger partial charge < -0.3 is 9.84 Å². The van der Waals surface area contributed by atoms with Gasteiger partial charge in [-0.2, -0.15) is 0 Å². The maximum Gasteiger partial charge on any atom is 0.307 e. The topological polar surface area (TPSA) is 46.5 Å². The summed E-state index contributed by atoms with van der Waals surface area (Å²) in [6.07, 6.45) is -0.0107. The lowest BCUT2D eigenvalue weighted by atomic mass is 10.1. The zero-order valence-electron chi connectivity index (χ0n) is 6.87. The normalized spacial score (nSPS) is 9.62. The Hall–Kier alpha value is -1.03. The monoisotopic (exact) mass is 244 g/mol. The fourth-order valence-electron chi connectivity index (χ4n) is 1.01. The van der Waals surface area contributed by atoms with E-state index in [-0.39, 0.29) is 6.42 Å². The molecule has 0 heterocycles. The molecule has 0 aromatic heterocycles. The molecule has 0 fully saturated rings. The summed E-state index contributed by atoms with van der Waals surface area (Å²) in [4.78, 5) is 10.5. The number of carbonyl (C=O) groups is 1. The van der Waals surface area contributed by atoms with E-state index in [1.54, 1.807) is 18.2 Å². The van der Waals surface area contributed by atoms with Crippen LogP contribution in [0.3, 0.4) is 0 Å². The minimum Gasteiger partial charge on any atom is -0.482 e. The molecule has 1 aromatic rings. The molecular weight excluding hydrogens is 236 g/mol. The maximum absolute atomic E-state index is 10.5. The molecule has 0 bridgehead atoms. The van der Waals surface area contributed by atoms with Crippen LogP contribution in [0.15, 0.2) is 24.3 Å². The first-order chi connectivity index (χ1) is 6.24. The average molecular weight is 245 g/mol. The van der Waals surface area contributed by atoms with Crippen LogP contribution in [-0.2, 0) is 11.2 Å². The van der Waals surface area contributed by atoms with Gasteiger partial charge in [-0.05, 0) is 22.0 Å². The summed E-state index contributed by atoms with van der Waals surface area (Å²) in [5.74, 6) is -0.243. The molecule has 0 saturated heterocycles. The number of alkyl halides is 1. The van der Waals surface area contributed by atoms with Crippen LogP contribution in [0.5, 0.6) is 5.75 Å². The quantitative estimate of drug-likeness (QED) is 0.825. The van der Waals surface area contributed by atoms with Crippen molar-refractivity contribution < 1.29 is 14.6 Å². The fraction of sp³-hybridized carbons (Fsp3) is 0.222. The molecule has 0 atom stereocenters. The third-order valence-corrected chi connectivity index (χ3v) is 1.75. The second-order valence-electron chi connectivity index (χ2n) is 2.43. The molecule has 3 nitrogen and oxygen atoms in total. The average Bonchev–Trinajstić information content (AvgIpc) is 2.08. The molecule has 1 N–H and O–H groups in total. The summed E-state index contributed by atoms with van der Waals surface area (Å²) in [7, 11) is 0. The molecule has 0 saturated carbocycles. The van der Waals surface area contributed by atoms with Crippen molar-refractivity contribution in [1.29, 1.82) is 0 Å². The van der Waals surface area contributed by atoms with Crippen molar-refractivity contribution in [3.8, 4) is 5.75 Å². The Morgan fingerprint density at radius 2 is 2.15 bits per heavy atom. The number of halogens is 1. The molecule has 1 rings (SSSR count). The van der Waals surface area contributed by atoms with Crippen LogP contribution in [0.25, 0.3) is 0 Å². The zero-order valence-corrected chi connectivity index (χ0v) is 8.45. The molecule has 13 heavy (non-hydrogen) atoms. The molecule has 0 aliphatic heterocycles. The van der Waals surface area contributed by atoms with E-state index in [9.17, 15) is 4.79 Å². The van der Waals surface area contributed by atoms with Crippen LogP contribution in [0.4, 0.5) is 0 Å². The van der Waals surface area contributed by atoms with Gasteiger partial charge >= 0.3 is 5.97 Å². The summed E-state index contributed by atoms with van der Waals surface area (Å²) in [6.45, 7) is 0. The SMILES string of the molecule is O=C(O)Cc1ccccc1OCBr. The number of carboxylic acids is 1. The molecule has 1 aromatic carbocycles. The maximum atomic E-state index is 10.5. The van der Waals surface area contributed by atoms with Crippen molar-refractivity contribution in [1.82, 2.24) is 0 Å². The van der Waals surface area contributed by atoms with Crippen molar-refractivity contribution in [2.45, 2.75) is 6.42 Å². The first-order valence-corrected chi connectivity index (χ1v) is 4.84. The molecule has 0 radical (unpaired) electrons. The van der Waals surface area contributed by atoms with Gasteiger partial charge in [-0.25, -0.2) is 0 Å². The third kappa shape index (κ3) is 3.06. The lowest BCUT2D eigenvalue weighted by Gasteiger charge is -2.06. The van der Waals surface area contributed by atoms with E-state index in [4.69, 9.17) is 9.84 Å². The lowest BCUT2D eigenvalue weighted by Crippen LogP contribution is -2.02. The Morgan fingerprint density at radius 1 is 1.46 bits per heavy atom. The summed E-state index contributed by atoms with van der Waals surface area (Å²) < 4.78 is 5.19. The van der Waals surface area contributed by atoms with Crippen molar-refractivity contribution in [3.05, 3.63) is 29.8 Å². The Labute approximate surface area is 84.5 Å². The second kappa shape index (κ2) is 4.87. The fourth-order valence-corrected chi connectivity index (χ4v) is 1.26. The van der Waals surface area contributed by atoms with Gasteiger partial charge in [-0.15, -0.1) is 0 Å². The van der Waals surface area contributed by atoms with Gasteiger partial charge in [0.25, 0.3) is 0 Å². The van der Waals surface area contributed by atoms with E-state index in [2.05, 4.69) is 15.9 Å². The number of hydrogen-bond acceptors (Lipinski definition) is 2. The molecule has 0 aliphatic rings. The van der Waals surface area contributed by atoms with E-state index < -0.39 is 5.97 Å². The highest BCUT2D eigenvalue weighted by Crippen LogP contribution is 2.18. The summed E-state index contributed by atoms with van der Waals surface area (Å²) in [5, 5.41) is 8.59. The van der Waals surface area contributed by atoms with Crippen LogP contribution in [0, 0.1) is 0 Å². The standard InChI is InChI=1S/C9H9BrO3/c10-6-13-8-4-2-1-3-7(8)5-9(11)12/h1-4H,5-6H2,(H,11,12). The largest absolute Gasteiger partial charge is 0.482 e. The Balaban J connectivity index is 2.84. The zero-order chi connectivity index (χ0) is 9.68. The minimum absolute atomic E-state index is 0.0107. The third-order valence-electron chi connectivity index (χ3n) is 1.52. The molecular formula is C9H9BrO3. The van der Waals surface area contributed by atoms with Gasteiger partial charge in [0.05, 0.1) is 6.42 Å². The van der Waals surface area contributed by atoms with Crippen molar-refractivity contribution in [3.63, 3.8) is 0 Å². The summed E-state index contributed by atoms with van der Waals surface area (Å²) >= 11 is 3.12. The Bertz CT molecular complexity index is 299. The molecule has 0 spiro atoms. The van der Waals surface area contributed by atoms with Gasteiger partial charge in [0.15, 0.2) is 0 Å². The highest BCUT2D eigenvalue weighted by molar-refractivity contribution is 9.09. The molecule has 4 heteroatoms. The van der Waals surface area contributed by atoms with E-state index in [0.29, 0.717) is 16.8 Å². The van der Waals surface area contributed by atoms with E-state index in [0.717, 1.165) is 0 Å². The van der Waals surface area contributed by atoms with E-state index in [1.807, 2.05) is 6.07 Å². The number of hydrogen-bond donors (Lipinski definition) is 1. The number of rotatable bonds is 4. The van der Waals surface area contributed by atoms with Gasteiger partial charge in [0.1, 0.15) is 11.3 Å². The van der Waals surface area contributed by atoms with Gasteiger partial charge in [-0.3, -0.25) is 4.79 Å². The van der Waals surface area contributed by atoms with Gasteiger partial charge in [-0.1, -0.05) is 18.2 Å². The highest BCUT2D eigenvalue weighted by Gasteiger charge is 2.05. The van der Waals surface area contributed by atoms with Gasteiger partial charge in [0.2, 0.25) is 0 Å². The van der Waals surface area contributed by atoms with E-state index >= 15 is 0 Å². The second-order valence-corrected chi connectivity index (χ2v) is 2.89. The van der Waals surface area contributed by atoms with Crippen LogP contribution in [0.1, 0.15) is 5.56 Å². The van der Waals surface area contributed by atoms with Crippen LogP contribution in [0.2, 0.25) is 0 Å². The number of para-hydroxylation sites is 1. The smallest absolute Gasteiger partial charge is 0.307 e. The summed E-state index contributed by atoms with van der Waals surface area (Å²) in [6, 6.07) is 7.09. The lowest BCUT2D eigenvalue weighted by molar-refractivity contribution is -0.136. The first-order valence-electron chi connectivity index (χ1n) is 3.72. The number of aliphatic carboxylic acids is 1. The molecule has 0 amide bonds. The van der Waals surface area contributed by atoms with Crippen molar-refractivity contribution >= 4 is 21.9 Å². The van der Waals surface area contributed by atoms with Crippen molar-refractivity contribution in [2.75, 3.05) is 5.52 Å². The highest BCUT2D eigenvalue weighted by atomic mass is 79.9. The first kappa shape index (κ1) is 10.1. The molecule has 70 valence electrons. The summed E-state index contributed by atoms with van der Waals surface area (Å²) in [5.41, 5.74) is 1.05. The van der Waals surface area contributed by atoms with Crippen molar-refractivity contribution in [2.24, 2.45) is 0 Å². The number of benzene rings is 1.